The fraction of sp³-hybridized carbons (Fsp3) is 0.318. The van der Waals surface area contributed by atoms with E-state index < -0.39 is 0 Å². The first-order valence-electron chi connectivity index (χ1n) is 10.5. The van der Waals surface area contributed by atoms with Gasteiger partial charge >= 0.3 is 0 Å². The average molecular weight is 469 g/mol. The Morgan fingerprint density at radius 2 is 1.88 bits per heavy atom. The number of aryl methyl sites for hydroxylation is 1. The maximum Gasteiger partial charge on any atom is 0.254 e. The second kappa shape index (κ2) is 10.3. The molecule has 1 aromatic heterocycles. The molecule has 1 N–H and O–H groups in total. The standard InChI is InChI=1S/C22H24N6O4S/c1-3-28(13-15-4-9-18-19(12-15)32-11-10-31-18)21(30)16-5-7-17(8-6-16)23-20(29)14-33-22-24-25-26-27(22)2/h4-9,12H,3,10-11,13-14H2,1-2H3,(H,23,29). The highest BCUT2D eigenvalue weighted by atomic mass is 32.2. The first-order valence-corrected chi connectivity index (χ1v) is 11.4. The number of ether oxygens (including phenoxy) is 2. The molecule has 172 valence electrons. The molecule has 0 atom stereocenters. The molecule has 11 heteroatoms. The van der Waals surface area contributed by atoms with Gasteiger partial charge in [0.1, 0.15) is 13.2 Å². The van der Waals surface area contributed by atoms with Crippen LogP contribution >= 0.6 is 11.8 Å². The number of amides is 2. The maximum absolute atomic E-state index is 13.0. The summed E-state index contributed by atoms with van der Waals surface area (Å²) in [6.45, 7) is 4.01. The van der Waals surface area contributed by atoms with Crippen LogP contribution in [0.5, 0.6) is 11.5 Å². The van der Waals surface area contributed by atoms with E-state index in [1.165, 1.54) is 16.4 Å². The van der Waals surface area contributed by atoms with Gasteiger partial charge in [-0.25, -0.2) is 4.68 Å². The molecule has 4 rings (SSSR count). The smallest absolute Gasteiger partial charge is 0.254 e. The van der Waals surface area contributed by atoms with Crippen LogP contribution in [0.4, 0.5) is 5.69 Å². The highest BCUT2D eigenvalue weighted by molar-refractivity contribution is 7.99. The number of nitrogens with one attached hydrogen (secondary N) is 1. The van der Waals surface area contributed by atoms with Gasteiger partial charge in [0.2, 0.25) is 11.1 Å². The SMILES string of the molecule is CCN(Cc1ccc2c(c1)OCCO2)C(=O)c1ccc(NC(=O)CSc2nnnn2C)cc1. The van der Waals surface area contributed by atoms with Crippen molar-refractivity contribution in [1.29, 1.82) is 0 Å². The second-order valence-electron chi connectivity index (χ2n) is 7.30. The highest BCUT2D eigenvalue weighted by Gasteiger charge is 2.17. The van der Waals surface area contributed by atoms with E-state index in [1.807, 2.05) is 25.1 Å². The summed E-state index contributed by atoms with van der Waals surface area (Å²) in [4.78, 5) is 27.0. The second-order valence-corrected chi connectivity index (χ2v) is 8.24. The maximum atomic E-state index is 13.0. The molecule has 0 spiro atoms. The van der Waals surface area contributed by atoms with Crippen molar-refractivity contribution >= 4 is 29.3 Å². The third kappa shape index (κ3) is 5.61. The summed E-state index contributed by atoms with van der Waals surface area (Å²) in [5.74, 6) is 1.33. The van der Waals surface area contributed by atoms with Crippen LogP contribution in [0.2, 0.25) is 0 Å². The summed E-state index contributed by atoms with van der Waals surface area (Å²) in [7, 11) is 1.71. The van der Waals surface area contributed by atoms with Gasteiger partial charge in [-0.05, 0) is 59.3 Å². The predicted octanol–water partition coefficient (Wildman–Crippen LogP) is 2.37. The molecule has 1 aliphatic rings. The van der Waals surface area contributed by atoms with Gasteiger partial charge in [-0.3, -0.25) is 9.59 Å². The van der Waals surface area contributed by atoms with Gasteiger partial charge in [-0.15, -0.1) is 5.10 Å². The first-order chi connectivity index (χ1) is 16.0. The van der Waals surface area contributed by atoms with E-state index in [-0.39, 0.29) is 17.6 Å². The Morgan fingerprint density at radius 3 is 2.58 bits per heavy atom. The Bertz CT molecular complexity index is 1130. The van der Waals surface area contributed by atoms with E-state index in [0.717, 1.165) is 11.3 Å². The molecule has 2 amide bonds. The third-order valence-electron chi connectivity index (χ3n) is 4.98. The minimum absolute atomic E-state index is 0.0874. The molecule has 10 nitrogen and oxygen atoms in total. The van der Waals surface area contributed by atoms with Crippen molar-refractivity contribution in [2.24, 2.45) is 7.05 Å². The molecule has 0 unspecified atom stereocenters. The molecule has 0 aliphatic carbocycles. The van der Waals surface area contributed by atoms with Crippen molar-refractivity contribution in [1.82, 2.24) is 25.1 Å². The van der Waals surface area contributed by atoms with Crippen molar-refractivity contribution in [3.63, 3.8) is 0 Å². The number of fused-ring (bicyclic) bond motifs is 1. The number of hydrogen-bond acceptors (Lipinski definition) is 8. The van der Waals surface area contributed by atoms with E-state index >= 15 is 0 Å². The van der Waals surface area contributed by atoms with Gasteiger partial charge < -0.3 is 19.7 Å². The van der Waals surface area contributed by atoms with E-state index in [1.54, 1.807) is 36.2 Å². The molecular weight excluding hydrogens is 444 g/mol. The Labute approximate surface area is 195 Å². The lowest BCUT2D eigenvalue weighted by molar-refractivity contribution is -0.113. The fourth-order valence-electron chi connectivity index (χ4n) is 3.28. The van der Waals surface area contributed by atoms with Crippen molar-refractivity contribution in [2.45, 2.75) is 18.6 Å². The van der Waals surface area contributed by atoms with Crippen molar-refractivity contribution in [3.8, 4) is 11.5 Å². The molecule has 3 aromatic rings. The molecule has 0 saturated heterocycles. The quantitative estimate of drug-likeness (QED) is 0.502. The number of carbonyl (C=O) groups excluding carboxylic acids is 2. The number of nitrogens with zero attached hydrogens (tertiary/aromatic N) is 5. The molecule has 33 heavy (non-hydrogen) atoms. The van der Waals surface area contributed by atoms with Crippen molar-refractivity contribution < 1.29 is 19.1 Å². The molecular formula is C22H24N6O4S. The van der Waals surface area contributed by atoms with Crippen LogP contribution in [-0.4, -0.2) is 62.4 Å². The minimum atomic E-state index is -0.184. The molecule has 1 aliphatic heterocycles. The lowest BCUT2D eigenvalue weighted by Gasteiger charge is -2.23. The zero-order valence-electron chi connectivity index (χ0n) is 18.4. The lowest BCUT2D eigenvalue weighted by atomic mass is 10.1. The van der Waals surface area contributed by atoms with Crippen LogP contribution in [0.3, 0.4) is 0 Å². The topological polar surface area (TPSA) is 111 Å². The van der Waals surface area contributed by atoms with Crippen LogP contribution in [0.25, 0.3) is 0 Å². The molecule has 2 heterocycles. The summed E-state index contributed by atoms with van der Waals surface area (Å²) in [6, 6.07) is 12.6. The summed E-state index contributed by atoms with van der Waals surface area (Å²) in [5.41, 5.74) is 2.13. The predicted molar refractivity (Wildman–Crippen MR) is 122 cm³/mol. The number of thioether (sulfide) groups is 1. The van der Waals surface area contributed by atoms with Crippen molar-refractivity contribution in [2.75, 3.05) is 30.8 Å². The number of anilines is 1. The highest BCUT2D eigenvalue weighted by Crippen LogP contribution is 2.31. The zero-order valence-corrected chi connectivity index (χ0v) is 19.2. The van der Waals surface area contributed by atoms with Crippen LogP contribution in [0.1, 0.15) is 22.8 Å². The fourth-order valence-corrected chi connectivity index (χ4v) is 3.93. The molecule has 0 bridgehead atoms. The van der Waals surface area contributed by atoms with Crippen LogP contribution in [0.15, 0.2) is 47.6 Å². The Hall–Kier alpha value is -3.60. The summed E-state index contributed by atoms with van der Waals surface area (Å²) in [5, 5.41) is 14.5. The summed E-state index contributed by atoms with van der Waals surface area (Å²) >= 11 is 1.24. The van der Waals surface area contributed by atoms with Gasteiger partial charge in [0.15, 0.2) is 11.5 Å². The zero-order chi connectivity index (χ0) is 23.2. The number of benzene rings is 2. The average Bonchev–Trinajstić information content (AvgIpc) is 3.25. The normalized spacial score (nSPS) is 12.3. The van der Waals surface area contributed by atoms with Crippen LogP contribution in [-0.2, 0) is 18.4 Å². The largest absolute Gasteiger partial charge is 0.486 e. The number of carbonyl (C=O) groups is 2. The van der Waals surface area contributed by atoms with E-state index in [4.69, 9.17) is 9.47 Å². The number of rotatable bonds is 8. The number of aromatic nitrogens is 4. The van der Waals surface area contributed by atoms with Gasteiger partial charge in [0, 0.05) is 31.4 Å². The van der Waals surface area contributed by atoms with Crippen molar-refractivity contribution in [3.05, 3.63) is 53.6 Å². The van der Waals surface area contributed by atoms with Gasteiger partial charge in [0.25, 0.3) is 5.91 Å². The van der Waals surface area contributed by atoms with Gasteiger partial charge in [-0.1, -0.05) is 17.8 Å². The van der Waals surface area contributed by atoms with Gasteiger partial charge in [-0.2, -0.15) is 0 Å². The Balaban J connectivity index is 1.34. The van der Waals surface area contributed by atoms with Crippen LogP contribution in [0, 0.1) is 0 Å². The molecule has 0 radical (unpaired) electrons. The number of tetrazole rings is 1. The first kappa shape index (κ1) is 22.6. The summed E-state index contributed by atoms with van der Waals surface area (Å²) in [6.07, 6.45) is 0. The molecule has 2 aromatic carbocycles. The lowest BCUT2D eigenvalue weighted by Crippen LogP contribution is -2.30. The van der Waals surface area contributed by atoms with E-state index in [2.05, 4.69) is 20.8 Å². The molecule has 0 saturated carbocycles. The van der Waals surface area contributed by atoms with Gasteiger partial charge in [0.05, 0.1) is 5.75 Å². The number of hydrogen-bond donors (Lipinski definition) is 1. The Kier molecular flexibility index (Phi) is 7.08. The molecule has 0 fully saturated rings. The summed E-state index contributed by atoms with van der Waals surface area (Å²) < 4.78 is 12.7. The minimum Gasteiger partial charge on any atom is -0.486 e. The van der Waals surface area contributed by atoms with E-state index in [0.29, 0.717) is 48.5 Å². The monoisotopic (exact) mass is 468 g/mol. The Morgan fingerprint density at radius 1 is 1.12 bits per heavy atom. The van der Waals surface area contributed by atoms with E-state index in [9.17, 15) is 9.59 Å². The third-order valence-corrected chi connectivity index (χ3v) is 5.99. The van der Waals surface area contributed by atoms with Crippen LogP contribution < -0.4 is 14.8 Å².